The monoisotopic (exact) mass is 1140 g/mol. The second kappa shape index (κ2) is 21.7. The van der Waals surface area contributed by atoms with E-state index in [4.69, 9.17) is 13.2 Å². The molecule has 12 rings (SSSR count). The van der Waals surface area contributed by atoms with Crippen LogP contribution in [0.25, 0.3) is 123 Å². The van der Waals surface area contributed by atoms with E-state index >= 15 is 0 Å². The van der Waals surface area contributed by atoms with Crippen molar-refractivity contribution >= 4 is 0 Å². The Kier molecular flexibility index (Phi) is 12.0. The molecule has 4 heteroatoms. The van der Waals surface area contributed by atoms with Crippen molar-refractivity contribution in [2.75, 3.05) is 0 Å². The van der Waals surface area contributed by atoms with Gasteiger partial charge in [-0.3, -0.25) is 0 Å². The summed E-state index contributed by atoms with van der Waals surface area (Å²) >= 11 is 0. The Labute approximate surface area is 461 Å². The maximum absolute atomic E-state index is 7.96. The van der Waals surface area contributed by atoms with Gasteiger partial charge in [-0.15, -0.1) is 89.5 Å². The third-order valence-electron chi connectivity index (χ3n) is 13.5. The Morgan fingerprint density at radius 3 is 1.13 bits per heavy atom. The minimum Gasteiger partial charge on any atom is -0.305 e. The van der Waals surface area contributed by atoms with Crippen LogP contribution < -0.4 is 0 Å². The first-order valence-corrected chi connectivity index (χ1v) is 24.5. The molecule has 356 valence electrons. The molecule has 0 saturated carbocycles. The molecule has 0 bridgehead atoms. The smallest absolute Gasteiger partial charge is 0.305 e. The molecule has 0 spiro atoms. The number of aryl methyl sites for hydroxylation is 2. The Bertz CT molecular complexity index is 4160. The Morgan fingerprint density at radius 2 is 0.693 bits per heavy atom. The molecule has 0 N–H and O–H groups in total. The molecule has 0 unspecified atom stereocenters. The van der Waals surface area contributed by atoms with Crippen LogP contribution in [0.1, 0.15) is 19.4 Å². The average molecular weight is 1140 g/mol. The van der Waals surface area contributed by atoms with Gasteiger partial charge in [0.1, 0.15) is 0 Å². The van der Waals surface area contributed by atoms with E-state index in [1.807, 2.05) is 60.8 Å². The van der Waals surface area contributed by atoms with Gasteiger partial charge in [0.25, 0.3) is 0 Å². The third-order valence-corrected chi connectivity index (χ3v) is 13.5. The first kappa shape index (κ1) is 41.5. The fourth-order valence-electron chi connectivity index (χ4n) is 9.68. The first-order chi connectivity index (χ1) is 38.9. The summed E-state index contributed by atoms with van der Waals surface area (Å²) in [5, 5.41) is 0. The van der Waals surface area contributed by atoms with Crippen molar-refractivity contribution in [3.63, 3.8) is 0 Å². The summed E-state index contributed by atoms with van der Waals surface area (Å²) in [4.78, 5) is 13.7. The fraction of sp³-hybridized carbons (Fsp3) is 0.0282. The van der Waals surface area contributed by atoms with Crippen molar-refractivity contribution in [3.8, 4) is 123 Å². The standard InChI is InChI=1S/C71H48N3.Ir/c1-48-38-40-72-70(42-48)57-33-27-54(28-34-57)64-15-7-10-18-67(64)61-43-60(66-17-9-6-14-63(66)53-25-31-56(32-26-53)69-37-20-49(2)47-74-69)44-62(45-61)68-19-11-8-16-65(68)55-29-35-58(36-30-55)71-46-59(39-41-73-71)52-23-21-51(22-24-52)50-12-4-3-5-13-50;/h3-31,33,35,37-47H,1-2H3;/q-3;+3/i1D3,2D3;. The minimum absolute atomic E-state index is 0. The van der Waals surface area contributed by atoms with E-state index in [9.17, 15) is 0 Å². The van der Waals surface area contributed by atoms with Crippen LogP contribution in [0.3, 0.4) is 0 Å². The van der Waals surface area contributed by atoms with E-state index in [-0.39, 0.29) is 31.2 Å². The average Bonchev–Trinajstić information content (AvgIpc) is 3.65. The molecule has 0 saturated heterocycles. The molecular weight excluding hydrogens is 1090 g/mol. The molecule has 3 nitrogen and oxygen atoms in total. The number of rotatable bonds is 11. The van der Waals surface area contributed by atoms with Crippen molar-refractivity contribution < 1.29 is 28.3 Å². The topological polar surface area (TPSA) is 38.7 Å². The molecule has 0 fully saturated rings. The van der Waals surface area contributed by atoms with Crippen LogP contribution in [0.15, 0.2) is 255 Å². The zero-order chi connectivity index (χ0) is 54.8. The van der Waals surface area contributed by atoms with Crippen LogP contribution in [0, 0.1) is 31.9 Å². The molecule has 12 aromatic rings. The van der Waals surface area contributed by atoms with Gasteiger partial charge in [0.05, 0.1) is 0 Å². The number of benzene rings is 9. The van der Waals surface area contributed by atoms with Gasteiger partial charge in [0, 0.05) is 26.8 Å². The number of hydrogen-bond donors (Lipinski definition) is 0. The molecule has 3 aromatic heterocycles. The summed E-state index contributed by atoms with van der Waals surface area (Å²) < 4.78 is 47.2. The molecular formula is C71H48IrN3. The normalized spacial score (nSPS) is 12.5. The maximum Gasteiger partial charge on any atom is 3.00 e. The Balaban J connectivity index is 0.00000690. The van der Waals surface area contributed by atoms with Crippen molar-refractivity contribution in [3.05, 3.63) is 285 Å². The van der Waals surface area contributed by atoms with Gasteiger partial charge in [-0.2, -0.15) is 0 Å². The van der Waals surface area contributed by atoms with Crippen molar-refractivity contribution in [2.24, 2.45) is 0 Å². The predicted octanol–water partition coefficient (Wildman–Crippen LogP) is 18.2. The second-order valence-electron chi connectivity index (χ2n) is 18.1. The quantitative estimate of drug-likeness (QED) is 0.121. The van der Waals surface area contributed by atoms with Gasteiger partial charge in [-0.25, -0.2) is 0 Å². The van der Waals surface area contributed by atoms with Crippen LogP contribution in [-0.2, 0) is 20.1 Å². The summed E-state index contributed by atoms with van der Waals surface area (Å²) in [7, 11) is 0. The minimum atomic E-state index is -2.25. The summed E-state index contributed by atoms with van der Waals surface area (Å²) in [6.07, 6.45) is 4.80. The van der Waals surface area contributed by atoms with Crippen molar-refractivity contribution in [1.82, 2.24) is 15.0 Å². The SMILES string of the molecule is [2H]C([2H])([2H])c1ccc(-c2[c-]cc(-c3ccccc3-c3cc(-c4ccccc4-c4c[c-]c(-c5cc(-c6ccc(-c7ccccc7)cc6)ccn5)cc4)cc(-c4ccccc4-c4c[c-]c(-c5cc(C([2H])([2H])[2H])ccn5)cc4)c3)cc2)nc1.[Ir+3]. The number of aromatic nitrogens is 3. The van der Waals surface area contributed by atoms with Crippen LogP contribution in [0.4, 0.5) is 0 Å². The zero-order valence-electron chi connectivity index (χ0n) is 46.4. The molecule has 3 heterocycles. The van der Waals surface area contributed by atoms with E-state index < -0.39 is 13.7 Å². The molecule has 9 aromatic carbocycles. The molecule has 0 aliphatic heterocycles. The molecule has 0 aliphatic carbocycles. The number of hydrogen-bond acceptors (Lipinski definition) is 3. The van der Waals surface area contributed by atoms with Gasteiger partial charge in [0.2, 0.25) is 0 Å². The van der Waals surface area contributed by atoms with Crippen molar-refractivity contribution in [2.45, 2.75) is 13.7 Å². The predicted molar refractivity (Wildman–Crippen MR) is 306 cm³/mol. The number of nitrogens with zero attached hydrogens (tertiary/aromatic N) is 3. The number of pyridine rings is 3. The molecule has 0 radical (unpaired) electrons. The maximum atomic E-state index is 7.96. The first-order valence-electron chi connectivity index (χ1n) is 27.5. The van der Waals surface area contributed by atoms with E-state index in [1.54, 1.807) is 18.2 Å². The summed E-state index contributed by atoms with van der Waals surface area (Å²) in [5.74, 6) is 0. The summed E-state index contributed by atoms with van der Waals surface area (Å²) in [6.45, 7) is -4.49. The molecule has 0 atom stereocenters. The van der Waals surface area contributed by atoms with Crippen molar-refractivity contribution in [1.29, 1.82) is 0 Å². The molecule has 0 amide bonds. The second-order valence-corrected chi connectivity index (χ2v) is 18.1. The summed E-state index contributed by atoms with van der Waals surface area (Å²) in [5.41, 5.74) is 21.4. The third kappa shape index (κ3) is 10.4. The van der Waals surface area contributed by atoms with Gasteiger partial charge in [-0.05, 0) is 122 Å². The van der Waals surface area contributed by atoms with Gasteiger partial charge < -0.3 is 15.0 Å². The van der Waals surface area contributed by atoms with E-state index in [0.717, 1.165) is 94.7 Å². The van der Waals surface area contributed by atoms with Gasteiger partial charge in [-0.1, -0.05) is 191 Å². The van der Waals surface area contributed by atoms with Gasteiger partial charge in [0.15, 0.2) is 0 Å². The van der Waals surface area contributed by atoms with E-state index in [0.29, 0.717) is 17.0 Å². The van der Waals surface area contributed by atoms with E-state index in [2.05, 4.69) is 186 Å². The zero-order valence-corrected chi connectivity index (χ0v) is 42.8. The Hall–Kier alpha value is -8.92. The largest absolute Gasteiger partial charge is 3.00 e. The van der Waals surface area contributed by atoms with Gasteiger partial charge >= 0.3 is 20.1 Å². The van der Waals surface area contributed by atoms with Crippen LogP contribution >= 0.6 is 0 Å². The van der Waals surface area contributed by atoms with Crippen LogP contribution in [0.5, 0.6) is 0 Å². The molecule has 75 heavy (non-hydrogen) atoms. The Morgan fingerprint density at radius 1 is 0.293 bits per heavy atom. The van der Waals surface area contributed by atoms with Crippen LogP contribution in [-0.4, -0.2) is 15.0 Å². The molecule has 0 aliphatic rings. The summed E-state index contributed by atoms with van der Waals surface area (Å²) in [6, 6.07) is 90.3. The fourth-order valence-corrected chi connectivity index (χ4v) is 9.68. The van der Waals surface area contributed by atoms with E-state index in [1.165, 1.54) is 29.6 Å². The van der Waals surface area contributed by atoms with Crippen LogP contribution in [0.2, 0.25) is 0 Å².